The molecule has 2 atom stereocenters. The Balaban J connectivity index is 1.34. The summed E-state index contributed by atoms with van der Waals surface area (Å²) in [4.78, 5) is 15.0. The van der Waals surface area contributed by atoms with Gasteiger partial charge in [0.1, 0.15) is 5.82 Å². The number of nitrogens with one attached hydrogen (secondary N) is 2. The van der Waals surface area contributed by atoms with Gasteiger partial charge in [0.15, 0.2) is 0 Å². The molecular weight excluding hydrogens is 367 g/mol. The van der Waals surface area contributed by atoms with Crippen LogP contribution in [0.1, 0.15) is 43.2 Å². The van der Waals surface area contributed by atoms with Gasteiger partial charge in [-0.2, -0.15) is 5.26 Å². The van der Waals surface area contributed by atoms with Crippen molar-refractivity contribution in [2.24, 2.45) is 0 Å². The third-order valence-electron chi connectivity index (χ3n) is 6.01. The maximum Gasteiger partial charge on any atom is 0.319 e. The molecule has 0 spiro atoms. The lowest BCUT2D eigenvalue weighted by molar-refractivity contribution is 0.0200. The number of fused-ring (bicyclic) bond motifs is 2. The summed E-state index contributed by atoms with van der Waals surface area (Å²) in [6.45, 7) is 0.833. The summed E-state index contributed by atoms with van der Waals surface area (Å²) in [6, 6.07) is 16.5. The number of rotatable bonds is 4. The van der Waals surface area contributed by atoms with Crippen molar-refractivity contribution in [1.29, 1.82) is 5.26 Å². The first-order valence-electron chi connectivity index (χ1n) is 10.2. The average molecular weight is 392 g/mol. The lowest BCUT2D eigenvalue weighted by Crippen LogP contribution is -2.56. The molecule has 2 heterocycles. The number of hydrogen-bond donors (Lipinski definition) is 2. The molecule has 0 saturated carbocycles. The van der Waals surface area contributed by atoms with Crippen LogP contribution in [0.5, 0.6) is 0 Å². The van der Waals surface area contributed by atoms with E-state index in [0.29, 0.717) is 23.3 Å². The van der Waals surface area contributed by atoms with Gasteiger partial charge in [0, 0.05) is 30.4 Å². The van der Waals surface area contributed by atoms with Crippen molar-refractivity contribution in [3.63, 3.8) is 0 Å². The second-order valence-electron chi connectivity index (χ2n) is 7.99. The van der Waals surface area contributed by atoms with Gasteiger partial charge in [-0.3, -0.25) is 4.90 Å². The largest absolute Gasteiger partial charge is 0.335 e. The number of nitriles is 1. The van der Waals surface area contributed by atoms with Gasteiger partial charge < -0.3 is 10.6 Å². The van der Waals surface area contributed by atoms with Crippen LogP contribution in [-0.2, 0) is 6.54 Å². The van der Waals surface area contributed by atoms with E-state index in [1.807, 2.05) is 12.1 Å². The highest BCUT2D eigenvalue weighted by molar-refractivity contribution is 5.89. The molecule has 2 aromatic rings. The molecule has 2 fully saturated rings. The Morgan fingerprint density at radius 2 is 1.72 bits per heavy atom. The van der Waals surface area contributed by atoms with Gasteiger partial charge >= 0.3 is 6.03 Å². The van der Waals surface area contributed by atoms with Crippen molar-refractivity contribution in [2.45, 2.75) is 56.8 Å². The minimum absolute atomic E-state index is 0.146. The van der Waals surface area contributed by atoms with Crippen LogP contribution in [0.15, 0.2) is 48.5 Å². The monoisotopic (exact) mass is 392 g/mol. The number of carbonyl (C=O) groups excluding carboxylic acids is 1. The average Bonchev–Trinajstić information content (AvgIpc) is 2.71. The van der Waals surface area contributed by atoms with Crippen LogP contribution in [0.25, 0.3) is 0 Å². The number of amides is 2. The van der Waals surface area contributed by atoms with Crippen molar-refractivity contribution in [3.05, 3.63) is 65.5 Å². The number of nitrogens with zero attached hydrogens (tertiary/aromatic N) is 2. The molecule has 2 aliphatic rings. The Bertz CT molecular complexity index is 877. The quantitative estimate of drug-likeness (QED) is 0.810. The van der Waals surface area contributed by atoms with E-state index in [1.165, 1.54) is 18.6 Å². The molecule has 4 rings (SSSR count). The third-order valence-corrected chi connectivity index (χ3v) is 6.01. The first-order valence-corrected chi connectivity index (χ1v) is 10.2. The van der Waals surface area contributed by atoms with Crippen LogP contribution >= 0.6 is 0 Å². The normalized spacial score (nSPS) is 23.8. The van der Waals surface area contributed by atoms with Crippen molar-refractivity contribution in [2.75, 3.05) is 5.32 Å². The Hall–Kier alpha value is -2.91. The lowest BCUT2D eigenvalue weighted by Gasteiger charge is -2.49. The summed E-state index contributed by atoms with van der Waals surface area (Å²) in [5.41, 5.74) is 2.38. The summed E-state index contributed by atoms with van der Waals surface area (Å²) < 4.78 is 13.2. The zero-order chi connectivity index (χ0) is 20.2. The molecule has 2 aliphatic heterocycles. The fraction of sp³-hybridized carbons (Fsp3) is 0.391. The van der Waals surface area contributed by atoms with Gasteiger partial charge in [0.25, 0.3) is 0 Å². The molecule has 2 N–H and O–H groups in total. The van der Waals surface area contributed by atoms with Crippen LogP contribution in [-0.4, -0.2) is 29.1 Å². The molecule has 2 saturated heterocycles. The SMILES string of the molecule is N#Cc1ccc(NC(=O)NC2C[C@@H]3CCC[C@@H](C2)N3Cc2ccc(F)cc2)cc1. The van der Waals surface area contributed by atoms with Crippen LogP contribution < -0.4 is 10.6 Å². The molecule has 0 aliphatic carbocycles. The Morgan fingerprint density at radius 3 is 2.34 bits per heavy atom. The van der Waals surface area contributed by atoms with Crippen molar-refractivity contribution in [1.82, 2.24) is 10.2 Å². The third kappa shape index (κ3) is 4.75. The van der Waals surface area contributed by atoms with E-state index in [9.17, 15) is 9.18 Å². The number of benzene rings is 2. The van der Waals surface area contributed by atoms with Gasteiger partial charge in [0.2, 0.25) is 0 Å². The standard InChI is InChI=1S/C23H25FN4O/c24-18-8-4-17(5-9-18)15-28-21-2-1-3-22(28)13-20(12-21)27-23(29)26-19-10-6-16(14-25)7-11-19/h4-11,20-22H,1-3,12-13,15H2,(H2,26,27,29)/t21-,22-/m0/s1. The number of carbonyl (C=O) groups is 1. The molecular formula is C23H25FN4O. The van der Waals surface area contributed by atoms with E-state index < -0.39 is 0 Å². The Labute approximate surface area is 170 Å². The van der Waals surface area contributed by atoms with Gasteiger partial charge in [-0.25, -0.2) is 9.18 Å². The highest BCUT2D eigenvalue weighted by atomic mass is 19.1. The summed E-state index contributed by atoms with van der Waals surface area (Å²) in [5, 5.41) is 14.8. The fourth-order valence-corrected chi connectivity index (χ4v) is 4.64. The fourth-order valence-electron chi connectivity index (χ4n) is 4.64. The molecule has 0 unspecified atom stereocenters. The summed E-state index contributed by atoms with van der Waals surface area (Å²) >= 11 is 0. The first kappa shape index (κ1) is 19.4. The van der Waals surface area contributed by atoms with Gasteiger partial charge in [0.05, 0.1) is 11.6 Å². The van der Waals surface area contributed by atoms with Crippen molar-refractivity contribution < 1.29 is 9.18 Å². The zero-order valence-electron chi connectivity index (χ0n) is 16.3. The van der Waals surface area contributed by atoms with E-state index in [0.717, 1.165) is 37.8 Å². The summed E-state index contributed by atoms with van der Waals surface area (Å²) in [6.07, 6.45) is 5.34. The second-order valence-corrected chi connectivity index (χ2v) is 7.99. The summed E-state index contributed by atoms with van der Waals surface area (Å²) in [7, 11) is 0. The molecule has 0 radical (unpaired) electrons. The van der Waals surface area contributed by atoms with E-state index in [-0.39, 0.29) is 17.9 Å². The molecule has 29 heavy (non-hydrogen) atoms. The predicted molar refractivity (Wildman–Crippen MR) is 110 cm³/mol. The minimum Gasteiger partial charge on any atom is -0.335 e. The lowest BCUT2D eigenvalue weighted by atomic mass is 9.81. The number of anilines is 1. The maximum absolute atomic E-state index is 13.2. The molecule has 0 aromatic heterocycles. The highest BCUT2D eigenvalue weighted by Gasteiger charge is 2.38. The number of piperidine rings is 2. The molecule has 2 bridgehead atoms. The van der Waals surface area contributed by atoms with Crippen LogP contribution in [0.3, 0.4) is 0 Å². The molecule has 2 aromatic carbocycles. The van der Waals surface area contributed by atoms with E-state index in [2.05, 4.69) is 21.6 Å². The minimum atomic E-state index is -0.204. The highest BCUT2D eigenvalue weighted by Crippen LogP contribution is 2.35. The van der Waals surface area contributed by atoms with E-state index in [4.69, 9.17) is 5.26 Å². The zero-order valence-corrected chi connectivity index (χ0v) is 16.3. The Kier molecular flexibility index (Phi) is 5.77. The van der Waals surface area contributed by atoms with Crippen molar-refractivity contribution >= 4 is 11.7 Å². The topological polar surface area (TPSA) is 68.2 Å². The first-order chi connectivity index (χ1) is 14.1. The summed E-state index contributed by atoms with van der Waals surface area (Å²) in [5.74, 6) is -0.204. The number of halogens is 1. The number of urea groups is 1. The van der Waals surface area contributed by atoms with E-state index >= 15 is 0 Å². The van der Waals surface area contributed by atoms with Crippen LogP contribution in [0.4, 0.5) is 14.9 Å². The van der Waals surface area contributed by atoms with Crippen LogP contribution in [0, 0.1) is 17.1 Å². The Morgan fingerprint density at radius 1 is 1.07 bits per heavy atom. The van der Waals surface area contributed by atoms with Gasteiger partial charge in [-0.1, -0.05) is 18.6 Å². The number of hydrogen-bond acceptors (Lipinski definition) is 3. The second kappa shape index (κ2) is 8.62. The molecule has 150 valence electrons. The van der Waals surface area contributed by atoms with Crippen LogP contribution in [0.2, 0.25) is 0 Å². The smallest absolute Gasteiger partial charge is 0.319 e. The molecule has 6 heteroatoms. The van der Waals surface area contributed by atoms with Crippen molar-refractivity contribution in [3.8, 4) is 6.07 Å². The van der Waals surface area contributed by atoms with Gasteiger partial charge in [-0.15, -0.1) is 0 Å². The predicted octanol–water partition coefficient (Wildman–Crippen LogP) is 4.40. The van der Waals surface area contributed by atoms with Gasteiger partial charge in [-0.05, 0) is 67.6 Å². The molecule has 2 amide bonds. The molecule has 5 nitrogen and oxygen atoms in total. The van der Waals surface area contributed by atoms with E-state index in [1.54, 1.807) is 24.3 Å². The maximum atomic E-state index is 13.2.